The number of rotatable bonds is 6. The molecule has 0 saturated carbocycles. The molecule has 0 aliphatic rings. The van der Waals surface area contributed by atoms with Crippen LogP contribution in [0.5, 0.6) is 0 Å². The van der Waals surface area contributed by atoms with E-state index in [2.05, 4.69) is 15.6 Å². The van der Waals surface area contributed by atoms with Gasteiger partial charge in [0.15, 0.2) is 0 Å². The summed E-state index contributed by atoms with van der Waals surface area (Å²) in [5.41, 5.74) is 4.65. The summed E-state index contributed by atoms with van der Waals surface area (Å²) >= 11 is 1.58. The molecule has 0 spiro atoms. The predicted octanol–water partition coefficient (Wildman–Crippen LogP) is 2.90. The maximum Gasteiger partial charge on any atom is 0.239 e. The molecular weight excluding hydrogens is 312 g/mol. The van der Waals surface area contributed by atoms with E-state index >= 15 is 0 Å². The highest BCUT2D eigenvalue weighted by atomic mass is 32.1. The largest absolute Gasteiger partial charge is 0.339 e. The highest BCUT2D eigenvalue weighted by molar-refractivity contribution is 7.08. The van der Waals surface area contributed by atoms with Gasteiger partial charge in [-0.2, -0.15) is 16.3 Å². The van der Waals surface area contributed by atoms with E-state index in [-0.39, 0.29) is 12.3 Å². The molecule has 1 aromatic carbocycles. The fourth-order valence-corrected chi connectivity index (χ4v) is 2.68. The van der Waals surface area contributed by atoms with Crippen LogP contribution in [0.4, 0.5) is 5.69 Å². The summed E-state index contributed by atoms with van der Waals surface area (Å²) in [4.78, 5) is 16.3. The van der Waals surface area contributed by atoms with Crippen LogP contribution in [0.25, 0.3) is 11.4 Å². The fraction of sp³-hybridized carbons (Fsp3) is 0.188. The number of anilines is 1. The van der Waals surface area contributed by atoms with Gasteiger partial charge in [-0.1, -0.05) is 23.4 Å². The molecule has 0 aliphatic heterocycles. The number of nitrogens with one attached hydrogen (secondary N) is 1. The molecule has 6 nitrogen and oxygen atoms in total. The summed E-state index contributed by atoms with van der Waals surface area (Å²) in [5, 5.41) is 9.52. The van der Waals surface area contributed by atoms with Crippen molar-refractivity contribution in [2.75, 3.05) is 12.1 Å². The minimum absolute atomic E-state index is 0.105. The van der Waals surface area contributed by atoms with Crippen LogP contribution in [0.1, 0.15) is 12.3 Å². The first-order valence-corrected chi connectivity index (χ1v) is 8.10. The molecule has 0 aliphatic carbocycles. The Morgan fingerprint density at radius 3 is 2.87 bits per heavy atom. The standard InChI is InChI=1S/C16H16N4O2S/c1-20(13-5-3-2-4-6-13)18-14(21)7-8-15-17-16(19-22-15)12-9-10-23-11-12/h2-6,9-11H,7-8H2,1H3,(H,18,21). The molecule has 7 heteroatoms. The van der Waals surface area contributed by atoms with E-state index in [4.69, 9.17) is 4.52 Å². The van der Waals surface area contributed by atoms with E-state index in [1.807, 2.05) is 47.2 Å². The molecule has 2 heterocycles. The van der Waals surface area contributed by atoms with Crippen LogP contribution in [-0.2, 0) is 11.2 Å². The van der Waals surface area contributed by atoms with Crippen molar-refractivity contribution in [2.45, 2.75) is 12.8 Å². The maximum absolute atomic E-state index is 12.0. The monoisotopic (exact) mass is 328 g/mol. The predicted molar refractivity (Wildman–Crippen MR) is 88.9 cm³/mol. The average molecular weight is 328 g/mol. The van der Waals surface area contributed by atoms with Crippen molar-refractivity contribution in [1.82, 2.24) is 15.6 Å². The summed E-state index contributed by atoms with van der Waals surface area (Å²) in [5.74, 6) is 0.915. The van der Waals surface area contributed by atoms with Gasteiger partial charge >= 0.3 is 0 Å². The number of hydrazine groups is 1. The van der Waals surface area contributed by atoms with Crippen molar-refractivity contribution < 1.29 is 9.32 Å². The van der Waals surface area contributed by atoms with Crippen molar-refractivity contribution in [1.29, 1.82) is 0 Å². The second kappa shape index (κ2) is 7.06. The Morgan fingerprint density at radius 2 is 2.13 bits per heavy atom. The number of thiophene rings is 1. The summed E-state index contributed by atoms with van der Waals surface area (Å²) in [6, 6.07) is 11.5. The number of aryl methyl sites for hydroxylation is 1. The van der Waals surface area contributed by atoms with Gasteiger partial charge in [0.2, 0.25) is 17.6 Å². The smallest absolute Gasteiger partial charge is 0.239 e. The number of nitrogens with zero attached hydrogens (tertiary/aromatic N) is 3. The van der Waals surface area contributed by atoms with Crippen LogP contribution in [0.15, 0.2) is 51.7 Å². The van der Waals surface area contributed by atoms with Gasteiger partial charge in [-0.15, -0.1) is 0 Å². The lowest BCUT2D eigenvalue weighted by Gasteiger charge is -2.19. The molecule has 1 amide bonds. The number of benzene rings is 1. The first-order chi connectivity index (χ1) is 11.2. The molecule has 0 unspecified atom stereocenters. The number of para-hydroxylation sites is 1. The summed E-state index contributed by atoms with van der Waals surface area (Å²) in [6.07, 6.45) is 0.689. The van der Waals surface area contributed by atoms with E-state index < -0.39 is 0 Å². The van der Waals surface area contributed by atoms with E-state index in [1.165, 1.54) is 0 Å². The minimum atomic E-state index is -0.105. The van der Waals surface area contributed by atoms with Gasteiger partial charge in [-0.3, -0.25) is 15.2 Å². The number of amides is 1. The zero-order valence-electron chi connectivity index (χ0n) is 12.6. The molecular formula is C16H16N4O2S. The van der Waals surface area contributed by atoms with Gasteiger partial charge in [-0.25, -0.2) is 0 Å². The lowest BCUT2D eigenvalue weighted by Crippen LogP contribution is -2.39. The lowest BCUT2D eigenvalue weighted by molar-refractivity contribution is -0.121. The highest BCUT2D eigenvalue weighted by Gasteiger charge is 2.12. The van der Waals surface area contributed by atoms with E-state index in [0.717, 1.165) is 11.3 Å². The number of aromatic nitrogens is 2. The molecule has 0 fully saturated rings. The van der Waals surface area contributed by atoms with Crippen LogP contribution in [-0.4, -0.2) is 23.1 Å². The SMILES string of the molecule is CN(NC(=O)CCc1nc(-c2ccsc2)no1)c1ccccc1. The first kappa shape index (κ1) is 15.2. The number of carbonyl (C=O) groups is 1. The molecule has 1 N–H and O–H groups in total. The molecule has 118 valence electrons. The second-order valence-electron chi connectivity index (χ2n) is 4.95. The van der Waals surface area contributed by atoms with Crippen LogP contribution in [0, 0.1) is 0 Å². The third kappa shape index (κ3) is 3.95. The van der Waals surface area contributed by atoms with Crippen molar-refractivity contribution in [2.24, 2.45) is 0 Å². The number of carbonyl (C=O) groups excluding carboxylic acids is 1. The quantitative estimate of drug-likeness (QED) is 0.705. The number of hydrogen-bond acceptors (Lipinski definition) is 6. The fourth-order valence-electron chi connectivity index (χ4n) is 2.04. The third-order valence-corrected chi connectivity index (χ3v) is 3.93. The van der Waals surface area contributed by atoms with Gasteiger partial charge in [0.25, 0.3) is 0 Å². The van der Waals surface area contributed by atoms with E-state index in [1.54, 1.807) is 23.4 Å². The molecule has 2 aromatic heterocycles. The van der Waals surface area contributed by atoms with Gasteiger partial charge in [0.05, 0.1) is 5.69 Å². The Morgan fingerprint density at radius 1 is 1.30 bits per heavy atom. The lowest BCUT2D eigenvalue weighted by atomic mass is 10.3. The van der Waals surface area contributed by atoms with Crippen molar-refractivity contribution in [3.63, 3.8) is 0 Å². The Hall–Kier alpha value is -2.67. The molecule has 0 bridgehead atoms. The molecule has 3 aromatic rings. The highest BCUT2D eigenvalue weighted by Crippen LogP contribution is 2.19. The van der Waals surface area contributed by atoms with E-state index in [0.29, 0.717) is 18.1 Å². The van der Waals surface area contributed by atoms with Crippen molar-refractivity contribution in [3.8, 4) is 11.4 Å². The molecule has 0 atom stereocenters. The number of hydrogen-bond donors (Lipinski definition) is 1. The van der Waals surface area contributed by atoms with Crippen molar-refractivity contribution in [3.05, 3.63) is 53.0 Å². The summed E-state index contributed by atoms with van der Waals surface area (Å²) < 4.78 is 5.18. The van der Waals surface area contributed by atoms with Crippen molar-refractivity contribution >= 4 is 22.9 Å². The van der Waals surface area contributed by atoms with Crippen LogP contribution < -0.4 is 10.4 Å². The van der Waals surface area contributed by atoms with Crippen LogP contribution in [0.3, 0.4) is 0 Å². The minimum Gasteiger partial charge on any atom is -0.339 e. The van der Waals surface area contributed by atoms with Crippen LogP contribution in [0.2, 0.25) is 0 Å². The Labute approximate surface area is 137 Å². The van der Waals surface area contributed by atoms with Gasteiger partial charge < -0.3 is 4.52 Å². The van der Waals surface area contributed by atoms with Gasteiger partial charge in [0.1, 0.15) is 0 Å². The molecule has 0 saturated heterocycles. The Kier molecular flexibility index (Phi) is 4.68. The average Bonchev–Trinajstić information content (AvgIpc) is 3.25. The topological polar surface area (TPSA) is 71.3 Å². The van der Waals surface area contributed by atoms with E-state index in [9.17, 15) is 4.79 Å². The van der Waals surface area contributed by atoms with Crippen LogP contribution >= 0.6 is 11.3 Å². The van der Waals surface area contributed by atoms with Gasteiger partial charge in [0, 0.05) is 30.8 Å². The summed E-state index contributed by atoms with van der Waals surface area (Å²) in [7, 11) is 1.80. The normalized spacial score (nSPS) is 10.5. The Bertz CT molecular complexity index is 756. The summed E-state index contributed by atoms with van der Waals surface area (Å²) in [6.45, 7) is 0. The van der Waals surface area contributed by atoms with Gasteiger partial charge in [-0.05, 0) is 23.6 Å². The molecule has 0 radical (unpaired) electrons. The second-order valence-corrected chi connectivity index (χ2v) is 5.73. The zero-order chi connectivity index (χ0) is 16.1. The Balaban J connectivity index is 1.51. The molecule has 23 heavy (non-hydrogen) atoms. The molecule has 3 rings (SSSR count). The third-order valence-electron chi connectivity index (χ3n) is 3.25. The maximum atomic E-state index is 12.0. The first-order valence-electron chi connectivity index (χ1n) is 7.16. The zero-order valence-corrected chi connectivity index (χ0v) is 13.4.